The number of esters is 1. The van der Waals surface area contributed by atoms with E-state index in [-0.39, 0.29) is 28.2 Å². The SMILES string of the molecule is COC(=O)C1CN(S(=O)(=O)c2cc(Cl)sc2Cl)CC1C. The predicted molar refractivity (Wildman–Crippen MR) is 77.8 cm³/mol. The van der Waals surface area contributed by atoms with E-state index < -0.39 is 21.9 Å². The zero-order valence-electron chi connectivity index (χ0n) is 10.8. The molecule has 1 aromatic rings. The van der Waals surface area contributed by atoms with Gasteiger partial charge in [-0.25, -0.2) is 8.42 Å². The minimum atomic E-state index is -3.74. The molecule has 0 saturated carbocycles. The van der Waals surface area contributed by atoms with E-state index in [0.717, 1.165) is 11.3 Å². The summed E-state index contributed by atoms with van der Waals surface area (Å²) in [7, 11) is -2.44. The van der Waals surface area contributed by atoms with Gasteiger partial charge in [-0.1, -0.05) is 30.1 Å². The minimum absolute atomic E-state index is 0.00752. The van der Waals surface area contributed by atoms with Gasteiger partial charge in [-0.2, -0.15) is 4.31 Å². The molecule has 2 unspecified atom stereocenters. The molecule has 2 heterocycles. The van der Waals surface area contributed by atoms with Crippen LogP contribution in [0.4, 0.5) is 0 Å². The molecule has 1 saturated heterocycles. The fourth-order valence-electron chi connectivity index (χ4n) is 2.22. The first kappa shape index (κ1) is 16.0. The fourth-order valence-corrected chi connectivity index (χ4v) is 5.90. The van der Waals surface area contributed by atoms with E-state index in [2.05, 4.69) is 0 Å². The van der Waals surface area contributed by atoms with E-state index in [1.807, 2.05) is 6.92 Å². The van der Waals surface area contributed by atoms with Gasteiger partial charge < -0.3 is 4.74 Å². The second-order valence-electron chi connectivity index (χ2n) is 4.62. The summed E-state index contributed by atoms with van der Waals surface area (Å²) in [6.45, 7) is 2.17. The molecule has 1 aliphatic rings. The Hall–Kier alpha value is -0.340. The number of carbonyl (C=O) groups is 1. The van der Waals surface area contributed by atoms with Crippen LogP contribution in [0.1, 0.15) is 6.92 Å². The zero-order chi connectivity index (χ0) is 15.1. The summed E-state index contributed by atoms with van der Waals surface area (Å²) in [6.07, 6.45) is 0. The van der Waals surface area contributed by atoms with Crippen LogP contribution in [0.2, 0.25) is 8.67 Å². The van der Waals surface area contributed by atoms with Gasteiger partial charge in [0.05, 0.1) is 17.4 Å². The maximum absolute atomic E-state index is 12.5. The predicted octanol–water partition coefficient (Wildman–Crippen LogP) is 2.48. The highest BCUT2D eigenvalue weighted by Gasteiger charge is 2.42. The standard InChI is InChI=1S/C11H13Cl2NO4S2/c1-6-4-14(5-7(6)11(15)18-2)20(16,17)8-3-9(12)19-10(8)13/h3,6-7H,4-5H2,1-2H3. The van der Waals surface area contributed by atoms with Gasteiger partial charge in [-0.3, -0.25) is 4.79 Å². The Kier molecular flexibility index (Phi) is 4.66. The molecule has 1 aliphatic heterocycles. The molecular formula is C11H13Cl2NO4S2. The number of halogens is 2. The van der Waals surface area contributed by atoms with Crippen LogP contribution in [0.25, 0.3) is 0 Å². The lowest BCUT2D eigenvalue weighted by molar-refractivity contribution is -0.145. The van der Waals surface area contributed by atoms with Crippen molar-refractivity contribution >= 4 is 50.5 Å². The molecule has 0 spiro atoms. The molecule has 1 aromatic heterocycles. The van der Waals surface area contributed by atoms with Gasteiger partial charge in [0.25, 0.3) is 0 Å². The van der Waals surface area contributed by atoms with Gasteiger partial charge in [0.1, 0.15) is 9.23 Å². The van der Waals surface area contributed by atoms with Gasteiger partial charge in [-0.15, -0.1) is 11.3 Å². The summed E-state index contributed by atoms with van der Waals surface area (Å²) in [5, 5.41) is 0. The average Bonchev–Trinajstić information content (AvgIpc) is 2.92. The van der Waals surface area contributed by atoms with Crippen LogP contribution >= 0.6 is 34.5 Å². The van der Waals surface area contributed by atoms with Crippen LogP contribution in [0.3, 0.4) is 0 Å². The molecule has 20 heavy (non-hydrogen) atoms. The summed E-state index contributed by atoms with van der Waals surface area (Å²) >= 11 is 12.7. The van der Waals surface area contributed by atoms with Crippen LogP contribution in [0.5, 0.6) is 0 Å². The van der Waals surface area contributed by atoms with Crippen molar-refractivity contribution in [3.05, 3.63) is 14.7 Å². The molecule has 2 rings (SSSR count). The number of thiophene rings is 1. The van der Waals surface area contributed by atoms with Gasteiger partial charge in [0.15, 0.2) is 0 Å². The zero-order valence-corrected chi connectivity index (χ0v) is 13.9. The van der Waals surface area contributed by atoms with E-state index in [4.69, 9.17) is 27.9 Å². The van der Waals surface area contributed by atoms with Crippen LogP contribution in [0, 0.1) is 11.8 Å². The minimum Gasteiger partial charge on any atom is -0.469 e. The number of carbonyl (C=O) groups excluding carboxylic acids is 1. The topological polar surface area (TPSA) is 63.7 Å². The Morgan fingerprint density at radius 2 is 2.10 bits per heavy atom. The first-order valence-electron chi connectivity index (χ1n) is 5.80. The number of sulfonamides is 1. The summed E-state index contributed by atoms with van der Waals surface area (Å²) < 4.78 is 31.4. The van der Waals surface area contributed by atoms with Gasteiger partial charge in [0, 0.05) is 13.1 Å². The number of hydrogen-bond donors (Lipinski definition) is 0. The number of methoxy groups -OCH3 is 1. The van der Waals surface area contributed by atoms with E-state index >= 15 is 0 Å². The highest BCUT2D eigenvalue weighted by atomic mass is 35.5. The van der Waals surface area contributed by atoms with Crippen molar-refractivity contribution in [1.82, 2.24) is 4.31 Å². The van der Waals surface area contributed by atoms with Gasteiger partial charge in [-0.05, 0) is 12.0 Å². The molecule has 9 heteroatoms. The lowest BCUT2D eigenvalue weighted by Gasteiger charge is -2.15. The van der Waals surface area contributed by atoms with Crippen LogP contribution in [-0.4, -0.2) is 38.9 Å². The summed E-state index contributed by atoms with van der Waals surface area (Å²) in [5.41, 5.74) is 0. The van der Waals surface area contributed by atoms with E-state index in [0.29, 0.717) is 4.34 Å². The Morgan fingerprint density at radius 1 is 1.45 bits per heavy atom. The first-order valence-corrected chi connectivity index (χ1v) is 8.81. The van der Waals surface area contributed by atoms with E-state index in [9.17, 15) is 13.2 Å². The molecule has 0 amide bonds. The highest BCUT2D eigenvalue weighted by Crippen LogP contribution is 2.38. The van der Waals surface area contributed by atoms with Crippen LogP contribution < -0.4 is 0 Å². The Bertz CT molecular complexity index is 628. The van der Waals surface area contributed by atoms with Crippen molar-refractivity contribution in [2.24, 2.45) is 11.8 Å². The number of ether oxygens (including phenoxy) is 1. The summed E-state index contributed by atoms with van der Waals surface area (Å²) in [6, 6.07) is 1.33. The van der Waals surface area contributed by atoms with Crippen molar-refractivity contribution in [2.75, 3.05) is 20.2 Å². The molecule has 112 valence electrons. The summed E-state index contributed by atoms with van der Waals surface area (Å²) in [5.74, 6) is -0.961. The Morgan fingerprint density at radius 3 is 2.60 bits per heavy atom. The third-order valence-corrected chi connectivity index (χ3v) is 6.91. The second kappa shape index (κ2) is 5.81. The van der Waals surface area contributed by atoms with Gasteiger partial charge >= 0.3 is 5.97 Å². The summed E-state index contributed by atoms with van der Waals surface area (Å²) in [4.78, 5) is 11.6. The Labute approximate surface area is 131 Å². The van der Waals surface area contributed by atoms with Crippen LogP contribution in [-0.2, 0) is 19.6 Å². The molecule has 0 N–H and O–H groups in total. The molecule has 0 aliphatic carbocycles. The highest BCUT2D eigenvalue weighted by molar-refractivity contribution is 7.89. The first-order chi connectivity index (χ1) is 9.27. The maximum Gasteiger partial charge on any atom is 0.310 e. The quantitative estimate of drug-likeness (QED) is 0.779. The number of rotatable bonds is 3. The molecule has 0 bridgehead atoms. The third-order valence-electron chi connectivity index (χ3n) is 3.33. The van der Waals surface area contributed by atoms with E-state index in [1.54, 1.807) is 0 Å². The molecule has 5 nitrogen and oxygen atoms in total. The molecule has 2 atom stereocenters. The van der Waals surface area contributed by atoms with Crippen molar-refractivity contribution in [1.29, 1.82) is 0 Å². The smallest absolute Gasteiger partial charge is 0.310 e. The van der Waals surface area contributed by atoms with Crippen molar-refractivity contribution in [2.45, 2.75) is 11.8 Å². The second-order valence-corrected chi connectivity index (χ2v) is 8.81. The maximum atomic E-state index is 12.5. The normalized spacial score (nSPS) is 24.0. The third kappa shape index (κ3) is 2.82. The van der Waals surface area contributed by atoms with Crippen molar-refractivity contribution in [3.63, 3.8) is 0 Å². The lowest BCUT2D eigenvalue weighted by Crippen LogP contribution is -2.30. The van der Waals surface area contributed by atoms with E-state index in [1.165, 1.54) is 17.5 Å². The molecule has 1 fully saturated rings. The van der Waals surface area contributed by atoms with Crippen molar-refractivity contribution < 1.29 is 17.9 Å². The van der Waals surface area contributed by atoms with Gasteiger partial charge in [0.2, 0.25) is 10.0 Å². The molecule has 0 aromatic carbocycles. The Balaban J connectivity index is 2.29. The number of nitrogens with zero attached hydrogens (tertiary/aromatic N) is 1. The lowest BCUT2D eigenvalue weighted by atomic mass is 9.99. The van der Waals surface area contributed by atoms with Crippen molar-refractivity contribution in [3.8, 4) is 0 Å². The average molecular weight is 358 g/mol. The van der Waals surface area contributed by atoms with Crippen LogP contribution in [0.15, 0.2) is 11.0 Å². The fraction of sp³-hybridized carbons (Fsp3) is 0.545. The number of hydrogen-bond acceptors (Lipinski definition) is 5. The molecular weight excluding hydrogens is 345 g/mol. The molecule has 0 radical (unpaired) electrons. The largest absolute Gasteiger partial charge is 0.469 e. The monoisotopic (exact) mass is 357 g/mol.